The molecule has 2 atom stereocenters. The molecule has 1 aromatic heterocycles. The summed E-state index contributed by atoms with van der Waals surface area (Å²) in [5, 5.41) is 0. The molecule has 0 spiro atoms. The van der Waals surface area contributed by atoms with Gasteiger partial charge in [-0.3, -0.25) is 0 Å². The lowest BCUT2D eigenvalue weighted by atomic mass is 9.93. The molecule has 9 nitrogen and oxygen atoms in total. The summed E-state index contributed by atoms with van der Waals surface area (Å²) in [5.74, 6) is 1.71. The van der Waals surface area contributed by atoms with Crippen molar-refractivity contribution in [3.8, 4) is 0 Å². The summed E-state index contributed by atoms with van der Waals surface area (Å²) in [6.45, 7) is 6.20. The Labute approximate surface area is 171 Å². The van der Waals surface area contributed by atoms with Crippen LogP contribution in [0.15, 0.2) is 35.9 Å². The molecule has 0 saturated carbocycles. The first-order valence-corrected chi connectivity index (χ1v) is 11.8. The number of hydrogen-bond acceptors (Lipinski definition) is 8. The van der Waals surface area contributed by atoms with Crippen molar-refractivity contribution in [1.29, 1.82) is 0 Å². The van der Waals surface area contributed by atoms with Gasteiger partial charge in [-0.15, -0.1) is 0 Å². The minimum absolute atomic E-state index is 0.0569. The van der Waals surface area contributed by atoms with Crippen LogP contribution in [0, 0.1) is 0 Å². The molecule has 1 aliphatic carbocycles. The zero-order valence-corrected chi connectivity index (χ0v) is 17.8. The van der Waals surface area contributed by atoms with Crippen molar-refractivity contribution in [2.75, 3.05) is 37.3 Å². The van der Waals surface area contributed by atoms with Gasteiger partial charge in [0.15, 0.2) is 0 Å². The van der Waals surface area contributed by atoms with E-state index in [0.717, 1.165) is 23.7 Å². The number of nitrogens with one attached hydrogen (secondary N) is 2. The maximum absolute atomic E-state index is 11.7. The van der Waals surface area contributed by atoms with Crippen LogP contribution in [0.4, 0.5) is 5.82 Å². The predicted molar refractivity (Wildman–Crippen MR) is 110 cm³/mol. The summed E-state index contributed by atoms with van der Waals surface area (Å²) in [6.07, 6.45) is 8.03. The zero-order valence-electron chi connectivity index (χ0n) is 17.0. The number of fused-ring (bicyclic) bond motifs is 1. The second-order valence-corrected chi connectivity index (χ2v) is 9.86. The van der Waals surface area contributed by atoms with E-state index in [4.69, 9.17) is 4.74 Å². The number of aromatic nitrogens is 2. The third-order valence-corrected chi connectivity index (χ3v) is 6.68. The molecule has 4 rings (SSSR count). The lowest BCUT2D eigenvalue weighted by Crippen LogP contribution is -2.48. The molecule has 2 N–H and O–H groups in total. The van der Waals surface area contributed by atoms with E-state index in [0.29, 0.717) is 26.2 Å². The maximum Gasteiger partial charge on any atom is 0.211 e. The molecule has 2 saturated heterocycles. The van der Waals surface area contributed by atoms with E-state index in [9.17, 15) is 8.42 Å². The Morgan fingerprint density at radius 2 is 1.93 bits per heavy atom. The van der Waals surface area contributed by atoms with Crippen LogP contribution in [0.25, 0.3) is 0 Å². The van der Waals surface area contributed by atoms with Crippen molar-refractivity contribution >= 4 is 15.8 Å². The van der Waals surface area contributed by atoms with Gasteiger partial charge in [0.05, 0.1) is 24.1 Å². The van der Waals surface area contributed by atoms with Gasteiger partial charge in [0.25, 0.3) is 0 Å². The van der Waals surface area contributed by atoms with Gasteiger partial charge in [-0.2, -0.15) is 4.31 Å². The first-order chi connectivity index (χ1) is 13.8. The fourth-order valence-electron chi connectivity index (χ4n) is 3.93. The number of piperazine rings is 1. The molecule has 3 aliphatic rings. The number of ether oxygens (including phenoxy) is 1. The Morgan fingerprint density at radius 3 is 2.62 bits per heavy atom. The lowest BCUT2D eigenvalue weighted by molar-refractivity contribution is 0.155. The Morgan fingerprint density at radius 1 is 1.17 bits per heavy atom. The fourth-order valence-corrected chi connectivity index (χ4v) is 4.75. The fraction of sp³-hybridized carbons (Fsp3) is 0.579. The van der Waals surface area contributed by atoms with Crippen LogP contribution in [-0.2, 0) is 14.8 Å². The molecule has 2 aliphatic heterocycles. The number of sulfonamides is 1. The molecule has 158 valence electrons. The number of hydrazine groups is 1. The molecule has 0 aromatic carbocycles. The van der Waals surface area contributed by atoms with Gasteiger partial charge in [-0.05, 0) is 38.0 Å². The number of rotatable bonds is 5. The predicted octanol–water partition coefficient (Wildman–Crippen LogP) is 0.715. The van der Waals surface area contributed by atoms with Crippen LogP contribution >= 0.6 is 0 Å². The second-order valence-electron chi connectivity index (χ2n) is 7.88. The quantitative estimate of drug-likeness (QED) is 0.719. The molecule has 1 aromatic rings. The summed E-state index contributed by atoms with van der Waals surface area (Å²) < 4.78 is 30.8. The van der Waals surface area contributed by atoms with Crippen LogP contribution < -0.4 is 15.8 Å². The van der Waals surface area contributed by atoms with E-state index in [-0.39, 0.29) is 18.2 Å². The van der Waals surface area contributed by atoms with Gasteiger partial charge >= 0.3 is 0 Å². The highest BCUT2D eigenvalue weighted by Crippen LogP contribution is 2.34. The highest BCUT2D eigenvalue weighted by atomic mass is 32.2. The summed E-state index contributed by atoms with van der Waals surface area (Å²) >= 11 is 0. The van der Waals surface area contributed by atoms with Crippen molar-refractivity contribution in [1.82, 2.24) is 25.1 Å². The van der Waals surface area contributed by atoms with E-state index < -0.39 is 10.0 Å². The first-order valence-electron chi connectivity index (χ1n) is 9.92. The second kappa shape index (κ2) is 8.02. The third-order valence-electron chi connectivity index (χ3n) is 5.37. The molecule has 0 bridgehead atoms. The monoisotopic (exact) mass is 420 g/mol. The Bertz CT molecular complexity index is 922. The molecule has 0 radical (unpaired) electrons. The van der Waals surface area contributed by atoms with Crippen LogP contribution in [0.2, 0.25) is 0 Å². The molecule has 10 heteroatoms. The largest absolute Gasteiger partial charge is 0.491 e. The average Bonchev–Trinajstić information content (AvgIpc) is 3.10. The van der Waals surface area contributed by atoms with E-state index in [1.54, 1.807) is 6.33 Å². The average molecular weight is 421 g/mol. The highest BCUT2D eigenvalue weighted by Gasteiger charge is 2.34. The standard InChI is InChI=1S/C19H28N6O3S/c1-13(2)28-14-4-5-16-15(10-14)19(23-22-16)17-11-18(21-12-20-17)24-6-8-25(9-7-24)29(3,26)27/h4,10-13,16,19,22-23H,5-9H2,1-3H3. The molecule has 2 fully saturated rings. The van der Waals surface area contributed by atoms with Gasteiger partial charge in [-0.1, -0.05) is 0 Å². The molecular weight excluding hydrogens is 392 g/mol. The van der Waals surface area contributed by atoms with Crippen molar-refractivity contribution in [2.45, 2.75) is 38.5 Å². The van der Waals surface area contributed by atoms with E-state index in [2.05, 4.69) is 37.9 Å². The molecular formula is C19H28N6O3S. The minimum atomic E-state index is -3.15. The first kappa shape index (κ1) is 20.3. The molecule has 29 heavy (non-hydrogen) atoms. The van der Waals surface area contributed by atoms with Crippen LogP contribution in [-0.4, -0.2) is 67.3 Å². The molecule has 3 heterocycles. The zero-order chi connectivity index (χ0) is 20.6. The van der Waals surface area contributed by atoms with Crippen LogP contribution in [0.1, 0.15) is 32.0 Å². The van der Waals surface area contributed by atoms with Crippen molar-refractivity contribution < 1.29 is 13.2 Å². The van der Waals surface area contributed by atoms with E-state index in [1.807, 2.05) is 19.9 Å². The summed E-state index contributed by atoms with van der Waals surface area (Å²) in [4.78, 5) is 11.0. The summed E-state index contributed by atoms with van der Waals surface area (Å²) in [6, 6.07) is 2.15. The number of nitrogens with zero attached hydrogens (tertiary/aromatic N) is 4. The maximum atomic E-state index is 11.7. The van der Waals surface area contributed by atoms with Gasteiger partial charge in [0.1, 0.15) is 17.9 Å². The Kier molecular flexibility index (Phi) is 5.60. The summed E-state index contributed by atoms with van der Waals surface area (Å²) in [7, 11) is -3.15. The summed E-state index contributed by atoms with van der Waals surface area (Å²) in [5.41, 5.74) is 8.76. The third kappa shape index (κ3) is 4.45. The van der Waals surface area contributed by atoms with E-state index >= 15 is 0 Å². The number of anilines is 1. The highest BCUT2D eigenvalue weighted by molar-refractivity contribution is 7.88. The SMILES string of the molecule is CC(C)OC1=CCC2NNC(c3cc(N4CCN(S(C)(=O)=O)CC4)ncn3)C2=C1. The number of hydrogen-bond donors (Lipinski definition) is 2. The van der Waals surface area contributed by atoms with Crippen LogP contribution in [0.3, 0.4) is 0 Å². The molecule has 0 amide bonds. The van der Waals surface area contributed by atoms with Gasteiger partial charge in [0, 0.05) is 38.3 Å². The lowest BCUT2D eigenvalue weighted by Gasteiger charge is -2.34. The van der Waals surface area contributed by atoms with Gasteiger partial charge < -0.3 is 9.64 Å². The molecule has 2 unspecified atom stereocenters. The topological polar surface area (TPSA) is 99.7 Å². The normalized spacial score (nSPS) is 25.6. The number of allylic oxidation sites excluding steroid dienone is 1. The Hall–Kier alpha value is -2.01. The van der Waals surface area contributed by atoms with Crippen molar-refractivity contribution in [3.63, 3.8) is 0 Å². The van der Waals surface area contributed by atoms with Crippen molar-refractivity contribution in [2.24, 2.45) is 0 Å². The minimum Gasteiger partial charge on any atom is -0.491 e. The van der Waals surface area contributed by atoms with Crippen molar-refractivity contribution in [3.05, 3.63) is 41.6 Å². The van der Waals surface area contributed by atoms with Gasteiger partial charge in [-0.25, -0.2) is 29.2 Å². The Balaban J connectivity index is 1.51. The van der Waals surface area contributed by atoms with Crippen LogP contribution in [0.5, 0.6) is 0 Å². The van der Waals surface area contributed by atoms with E-state index in [1.165, 1.54) is 16.1 Å². The van der Waals surface area contributed by atoms with Gasteiger partial charge in [0.2, 0.25) is 10.0 Å². The smallest absolute Gasteiger partial charge is 0.211 e.